The van der Waals surface area contributed by atoms with Crippen molar-refractivity contribution >= 4 is 23.8 Å². The predicted octanol–water partition coefficient (Wildman–Crippen LogP) is 1.43. The maximum absolute atomic E-state index is 13.0. The molecule has 9 heteroatoms. The smallest absolute Gasteiger partial charge is 0.325 e. The van der Waals surface area contributed by atoms with Crippen molar-refractivity contribution in [3.05, 3.63) is 0 Å². The van der Waals surface area contributed by atoms with Crippen LogP contribution < -0.4 is 10.6 Å². The molecule has 0 unspecified atom stereocenters. The molecule has 0 aromatic carbocycles. The second-order valence-electron chi connectivity index (χ2n) is 11.4. The molecule has 1 saturated carbocycles. The molecule has 9 nitrogen and oxygen atoms in total. The number of nitrogens with one attached hydrogen (secondary N) is 2. The molecule has 0 aromatic rings. The summed E-state index contributed by atoms with van der Waals surface area (Å²) in [5, 5.41) is 5.94. The quantitative estimate of drug-likeness (QED) is 0.556. The first-order valence-electron chi connectivity index (χ1n) is 12.3. The van der Waals surface area contributed by atoms with E-state index in [1.165, 1.54) is 0 Å². The summed E-state index contributed by atoms with van der Waals surface area (Å²) in [6, 6.07) is -0.461. The molecule has 1 aliphatic carbocycles. The van der Waals surface area contributed by atoms with Crippen molar-refractivity contribution in [3.63, 3.8) is 0 Å². The molecule has 3 aliphatic rings. The summed E-state index contributed by atoms with van der Waals surface area (Å²) in [6.45, 7) is 8.60. The van der Waals surface area contributed by atoms with Crippen LogP contribution in [0.2, 0.25) is 0 Å². The molecule has 3 rings (SSSR count). The molecule has 3 fully saturated rings. The number of nitrogens with zero attached hydrogens (tertiary/aromatic N) is 3. The summed E-state index contributed by atoms with van der Waals surface area (Å²) in [6.07, 6.45) is 4.25. The van der Waals surface area contributed by atoms with Gasteiger partial charge in [0.2, 0.25) is 11.8 Å². The molecular formula is C24H41N5O4. The van der Waals surface area contributed by atoms with Crippen LogP contribution in [0.25, 0.3) is 0 Å². The predicted molar refractivity (Wildman–Crippen MR) is 125 cm³/mol. The fourth-order valence-electron chi connectivity index (χ4n) is 5.42. The highest BCUT2D eigenvalue weighted by atomic mass is 16.2. The van der Waals surface area contributed by atoms with Crippen molar-refractivity contribution < 1.29 is 19.2 Å². The van der Waals surface area contributed by atoms with Gasteiger partial charge in [0.05, 0.1) is 0 Å². The number of hydrogen-bond acceptors (Lipinski definition) is 5. The van der Waals surface area contributed by atoms with Crippen LogP contribution >= 0.6 is 0 Å². The van der Waals surface area contributed by atoms with E-state index >= 15 is 0 Å². The maximum atomic E-state index is 13.0. The summed E-state index contributed by atoms with van der Waals surface area (Å²) < 4.78 is 0. The molecule has 33 heavy (non-hydrogen) atoms. The molecule has 5 amide bonds. The van der Waals surface area contributed by atoms with E-state index in [9.17, 15) is 19.2 Å². The van der Waals surface area contributed by atoms with Gasteiger partial charge in [0.25, 0.3) is 5.91 Å². The minimum atomic E-state index is -0.824. The van der Waals surface area contributed by atoms with Gasteiger partial charge in [0.1, 0.15) is 12.1 Å². The van der Waals surface area contributed by atoms with E-state index in [-0.39, 0.29) is 35.6 Å². The third-order valence-electron chi connectivity index (χ3n) is 7.37. The standard InChI is InChI=1S/C24H41N5O4/c1-17-6-10-24(11-7-17)21(32)29(22(33)26-24)14-19(30)28-12-8-18(9-13-28)20(31)25-15-23(2,3)16-27(4)5/h17-18H,6-16H2,1-5H3,(H,25,31)(H,26,33). The molecule has 2 aliphatic heterocycles. The number of carbonyl (C=O) groups is 4. The van der Waals surface area contributed by atoms with E-state index in [0.717, 1.165) is 24.3 Å². The van der Waals surface area contributed by atoms with Crippen molar-refractivity contribution in [2.75, 3.05) is 46.8 Å². The number of carbonyl (C=O) groups excluding carboxylic acids is 4. The van der Waals surface area contributed by atoms with Crippen LogP contribution in [-0.4, -0.2) is 90.8 Å². The lowest BCUT2D eigenvalue weighted by Crippen LogP contribution is -2.50. The molecule has 186 valence electrons. The number of urea groups is 1. The number of hydrogen-bond donors (Lipinski definition) is 2. The van der Waals surface area contributed by atoms with Crippen LogP contribution in [0.5, 0.6) is 0 Å². The zero-order chi connectivity index (χ0) is 24.4. The zero-order valence-electron chi connectivity index (χ0n) is 20.9. The highest BCUT2D eigenvalue weighted by molar-refractivity contribution is 6.09. The van der Waals surface area contributed by atoms with Gasteiger partial charge in [0.15, 0.2) is 0 Å². The van der Waals surface area contributed by atoms with Crippen molar-refractivity contribution in [3.8, 4) is 0 Å². The molecule has 2 saturated heterocycles. The van der Waals surface area contributed by atoms with Gasteiger partial charge in [-0.05, 0) is 64.0 Å². The van der Waals surface area contributed by atoms with Gasteiger partial charge < -0.3 is 20.4 Å². The Kier molecular flexibility index (Phi) is 7.71. The van der Waals surface area contributed by atoms with E-state index in [2.05, 4.69) is 36.3 Å². The molecule has 2 N–H and O–H groups in total. The number of imide groups is 1. The minimum Gasteiger partial charge on any atom is -0.355 e. The average molecular weight is 464 g/mol. The van der Waals surface area contributed by atoms with Gasteiger partial charge in [-0.1, -0.05) is 20.8 Å². The van der Waals surface area contributed by atoms with E-state index < -0.39 is 11.6 Å². The highest BCUT2D eigenvalue weighted by Crippen LogP contribution is 2.36. The van der Waals surface area contributed by atoms with Crippen LogP contribution in [0.1, 0.15) is 59.3 Å². The van der Waals surface area contributed by atoms with Crippen molar-refractivity contribution in [1.82, 2.24) is 25.3 Å². The third-order valence-corrected chi connectivity index (χ3v) is 7.37. The first-order valence-corrected chi connectivity index (χ1v) is 12.3. The Morgan fingerprint density at radius 1 is 1.12 bits per heavy atom. The summed E-state index contributed by atoms with van der Waals surface area (Å²) in [7, 11) is 4.04. The molecule has 0 radical (unpaired) electrons. The maximum Gasteiger partial charge on any atom is 0.325 e. The summed E-state index contributed by atoms with van der Waals surface area (Å²) >= 11 is 0. The van der Waals surface area contributed by atoms with Crippen molar-refractivity contribution in [2.45, 2.75) is 64.8 Å². The van der Waals surface area contributed by atoms with Crippen LogP contribution in [-0.2, 0) is 14.4 Å². The number of likely N-dealkylation sites (tertiary alicyclic amines) is 1. The fourth-order valence-corrected chi connectivity index (χ4v) is 5.42. The van der Waals surface area contributed by atoms with E-state index in [4.69, 9.17) is 0 Å². The van der Waals surface area contributed by atoms with Crippen LogP contribution in [0.4, 0.5) is 4.79 Å². The van der Waals surface area contributed by atoms with Crippen molar-refractivity contribution in [2.24, 2.45) is 17.3 Å². The van der Waals surface area contributed by atoms with Gasteiger partial charge in [0, 0.05) is 32.1 Å². The first-order chi connectivity index (χ1) is 15.4. The highest BCUT2D eigenvalue weighted by Gasteiger charge is 2.52. The van der Waals surface area contributed by atoms with Crippen LogP contribution in [0, 0.1) is 17.3 Å². The molecular weight excluding hydrogens is 422 g/mol. The lowest BCUT2D eigenvalue weighted by atomic mass is 9.77. The van der Waals surface area contributed by atoms with Crippen LogP contribution in [0.15, 0.2) is 0 Å². The fraction of sp³-hybridized carbons (Fsp3) is 0.833. The number of piperidine rings is 1. The lowest BCUT2D eigenvalue weighted by molar-refractivity contribution is -0.141. The SMILES string of the molecule is CC1CCC2(CC1)NC(=O)N(CC(=O)N1CCC(C(=O)NCC(C)(C)CN(C)C)CC1)C2=O. The third kappa shape index (κ3) is 6.05. The monoisotopic (exact) mass is 463 g/mol. The van der Waals surface area contributed by atoms with E-state index in [1.807, 2.05) is 14.1 Å². The Morgan fingerprint density at radius 2 is 1.73 bits per heavy atom. The first kappa shape index (κ1) is 25.5. The Balaban J connectivity index is 1.46. The normalized spacial score (nSPS) is 26.8. The summed E-state index contributed by atoms with van der Waals surface area (Å²) in [5.74, 6) is -0.0217. The summed E-state index contributed by atoms with van der Waals surface area (Å²) in [4.78, 5) is 55.8. The van der Waals surface area contributed by atoms with Gasteiger partial charge in [-0.15, -0.1) is 0 Å². The second kappa shape index (κ2) is 9.99. The Hall–Kier alpha value is -2.16. The second-order valence-corrected chi connectivity index (χ2v) is 11.4. The topological polar surface area (TPSA) is 102 Å². The number of amides is 5. The molecule has 2 heterocycles. The van der Waals surface area contributed by atoms with Crippen LogP contribution in [0.3, 0.4) is 0 Å². The largest absolute Gasteiger partial charge is 0.355 e. The Morgan fingerprint density at radius 3 is 2.30 bits per heavy atom. The number of rotatable bonds is 7. The van der Waals surface area contributed by atoms with E-state index in [1.54, 1.807) is 4.90 Å². The van der Waals surface area contributed by atoms with E-state index in [0.29, 0.717) is 51.2 Å². The lowest BCUT2D eigenvalue weighted by Gasteiger charge is -2.34. The molecule has 1 spiro atoms. The average Bonchev–Trinajstić information content (AvgIpc) is 2.97. The molecule has 0 aromatic heterocycles. The van der Waals surface area contributed by atoms with Gasteiger partial charge >= 0.3 is 6.03 Å². The van der Waals surface area contributed by atoms with Gasteiger partial charge in [-0.25, -0.2) is 4.79 Å². The minimum absolute atomic E-state index is 0.0214. The summed E-state index contributed by atoms with van der Waals surface area (Å²) in [5.41, 5.74) is -0.846. The zero-order valence-corrected chi connectivity index (χ0v) is 20.9. The van der Waals surface area contributed by atoms with Gasteiger partial charge in [-0.3, -0.25) is 19.3 Å². The molecule has 0 atom stereocenters. The molecule has 0 bridgehead atoms. The Labute approximate surface area is 197 Å². The Bertz CT molecular complexity index is 765. The van der Waals surface area contributed by atoms with Crippen molar-refractivity contribution in [1.29, 1.82) is 0 Å². The van der Waals surface area contributed by atoms with Gasteiger partial charge in [-0.2, -0.15) is 0 Å².